The van der Waals surface area contributed by atoms with Crippen LogP contribution in [-0.2, 0) is 14.5 Å². The SMILES string of the molecule is CCOS(=O)(=O)N[O-]. The van der Waals surface area contributed by atoms with Crippen LogP contribution in [0, 0.1) is 5.21 Å². The third-order valence-electron chi connectivity index (χ3n) is 0.375. The first-order chi connectivity index (χ1) is 3.62. The van der Waals surface area contributed by atoms with Gasteiger partial charge in [0.1, 0.15) is 0 Å². The second-order valence-electron chi connectivity index (χ2n) is 0.944. The van der Waals surface area contributed by atoms with Crippen LogP contribution < -0.4 is 4.89 Å². The van der Waals surface area contributed by atoms with Crippen molar-refractivity contribution in [1.29, 1.82) is 0 Å². The largest absolute Gasteiger partial charge is 0.773 e. The van der Waals surface area contributed by atoms with Gasteiger partial charge in [0.2, 0.25) is 0 Å². The van der Waals surface area contributed by atoms with Crippen molar-refractivity contribution in [1.82, 2.24) is 4.89 Å². The fourth-order valence-corrected chi connectivity index (χ4v) is 0.538. The first-order valence-electron chi connectivity index (χ1n) is 1.90. The van der Waals surface area contributed by atoms with Crippen molar-refractivity contribution >= 4 is 10.3 Å². The van der Waals surface area contributed by atoms with E-state index in [-0.39, 0.29) is 6.61 Å². The molecule has 0 atom stereocenters. The van der Waals surface area contributed by atoms with Crippen LogP contribution in [0.15, 0.2) is 0 Å². The van der Waals surface area contributed by atoms with E-state index in [9.17, 15) is 13.6 Å². The van der Waals surface area contributed by atoms with Crippen LogP contribution in [-0.4, -0.2) is 15.0 Å². The van der Waals surface area contributed by atoms with E-state index in [1.54, 1.807) is 0 Å². The van der Waals surface area contributed by atoms with E-state index in [0.717, 1.165) is 4.89 Å². The van der Waals surface area contributed by atoms with E-state index in [0.29, 0.717) is 0 Å². The summed E-state index contributed by atoms with van der Waals surface area (Å²) in [7, 11) is -3.98. The fraction of sp³-hybridized carbons (Fsp3) is 1.00. The standard InChI is InChI=1S/C2H6NO4S/c1-2-7-8(5,6)3-4/h3H,2H2,1H3/q-1. The highest BCUT2D eigenvalue weighted by Gasteiger charge is 1.98. The van der Waals surface area contributed by atoms with Crippen LogP contribution in [0.1, 0.15) is 6.92 Å². The molecule has 0 saturated carbocycles. The van der Waals surface area contributed by atoms with Crippen molar-refractivity contribution in [2.75, 3.05) is 6.61 Å². The Hall–Kier alpha value is -0.170. The first kappa shape index (κ1) is 7.83. The Morgan fingerprint density at radius 2 is 2.25 bits per heavy atom. The minimum absolute atomic E-state index is 0.0302. The third-order valence-corrected chi connectivity index (χ3v) is 1.13. The highest BCUT2D eigenvalue weighted by molar-refractivity contribution is 7.84. The lowest BCUT2D eigenvalue weighted by molar-refractivity contribution is 0.334. The van der Waals surface area contributed by atoms with Crippen LogP contribution in [0.2, 0.25) is 0 Å². The summed E-state index contributed by atoms with van der Waals surface area (Å²) in [6.07, 6.45) is 0. The normalized spacial score (nSPS) is 11.8. The summed E-state index contributed by atoms with van der Waals surface area (Å²) in [5, 5.41) is 9.38. The van der Waals surface area contributed by atoms with Crippen LogP contribution in [0.5, 0.6) is 0 Å². The molecule has 0 aliphatic heterocycles. The van der Waals surface area contributed by atoms with Gasteiger partial charge < -0.3 is 5.21 Å². The van der Waals surface area contributed by atoms with Crippen LogP contribution >= 0.6 is 0 Å². The molecule has 0 bridgehead atoms. The fourth-order valence-electron chi connectivity index (χ4n) is 0.179. The molecule has 0 aromatic rings. The lowest BCUT2D eigenvalue weighted by Crippen LogP contribution is -2.19. The van der Waals surface area contributed by atoms with E-state index >= 15 is 0 Å². The van der Waals surface area contributed by atoms with Gasteiger partial charge >= 0.3 is 10.3 Å². The van der Waals surface area contributed by atoms with Crippen molar-refractivity contribution in [3.8, 4) is 0 Å². The van der Waals surface area contributed by atoms with Crippen molar-refractivity contribution in [3.05, 3.63) is 5.21 Å². The molecule has 8 heavy (non-hydrogen) atoms. The molecule has 1 N–H and O–H groups in total. The second-order valence-corrected chi connectivity index (χ2v) is 2.25. The zero-order valence-corrected chi connectivity index (χ0v) is 5.06. The smallest absolute Gasteiger partial charge is 0.324 e. The monoisotopic (exact) mass is 140 g/mol. The molecule has 0 radical (unpaired) electrons. The van der Waals surface area contributed by atoms with Gasteiger partial charge in [-0.25, -0.2) is 0 Å². The molecule has 5 nitrogen and oxygen atoms in total. The Morgan fingerprint density at radius 1 is 1.75 bits per heavy atom. The van der Waals surface area contributed by atoms with Gasteiger partial charge in [0, 0.05) is 0 Å². The van der Waals surface area contributed by atoms with Gasteiger partial charge in [-0.3, -0.25) is 9.07 Å². The zero-order valence-electron chi connectivity index (χ0n) is 4.25. The van der Waals surface area contributed by atoms with Gasteiger partial charge in [-0.15, -0.1) is 0 Å². The lowest BCUT2D eigenvalue weighted by Gasteiger charge is -2.05. The van der Waals surface area contributed by atoms with Gasteiger partial charge in [0.25, 0.3) is 0 Å². The third kappa shape index (κ3) is 2.92. The minimum Gasteiger partial charge on any atom is -0.773 e. The number of hydrogen-bond donors (Lipinski definition) is 1. The van der Waals surface area contributed by atoms with E-state index in [2.05, 4.69) is 4.18 Å². The van der Waals surface area contributed by atoms with Crippen LogP contribution in [0.25, 0.3) is 0 Å². The van der Waals surface area contributed by atoms with Crippen molar-refractivity contribution in [2.45, 2.75) is 6.92 Å². The van der Waals surface area contributed by atoms with Crippen LogP contribution in [0.4, 0.5) is 0 Å². The molecule has 0 fully saturated rings. The molecule has 0 unspecified atom stereocenters. The Labute approximate surface area is 47.5 Å². The average Bonchev–Trinajstić information content (AvgIpc) is 1.67. The molecule has 0 spiro atoms. The maximum absolute atomic E-state index is 9.95. The topological polar surface area (TPSA) is 78.5 Å². The molecule has 0 rings (SSSR count). The van der Waals surface area contributed by atoms with Gasteiger partial charge in [-0.05, 0) is 6.92 Å². The summed E-state index contributed by atoms with van der Waals surface area (Å²) >= 11 is 0. The molecule has 6 heteroatoms. The lowest BCUT2D eigenvalue weighted by atomic mass is 10.9. The van der Waals surface area contributed by atoms with E-state index < -0.39 is 10.3 Å². The van der Waals surface area contributed by atoms with E-state index in [1.807, 2.05) is 0 Å². The maximum Gasteiger partial charge on any atom is 0.324 e. The molecular formula is C2H6NO4S-. The number of nitrogens with one attached hydrogen (secondary N) is 1. The summed E-state index contributed by atoms with van der Waals surface area (Å²) in [6, 6.07) is 0. The van der Waals surface area contributed by atoms with E-state index in [4.69, 9.17) is 0 Å². The summed E-state index contributed by atoms with van der Waals surface area (Å²) in [5.74, 6) is 0. The molecule has 0 aliphatic rings. The summed E-state index contributed by atoms with van der Waals surface area (Å²) < 4.78 is 23.8. The highest BCUT2D eigenvalue weighted by atomic mass is 32.2. The predicted octanol–water partition coefficient (Wildman–Crippen LogP) is -0.645. The molecule has 0 heterocycles. The summed E-state index contributed by atoms with van der Waals surface area (Å²) in [5.41, 5.74) is 0. The average molecular weight is 140 g/mol. The number of hydrogen-bond acceptors (Lipinski definition) is 4. The van der Waals surface area contributed by atoms with Gasteiger partial charge in [0.15, 0.2) is 0 Å². The zero-order chi connectivity index (χ0) is 6.62. The molecule has 50 valence electrons. The van der Waals surface area contributed by atoms with Crippen molar-refractivity contribution in [3.63, 3.8) is 0 Å². The van der Waals surface area contributed by atoms with Crippen molar-refractivity contribution in [2.24, 2.45) is 0 Å². The van der Waals surface area contributed by atoms with Gasteiger partial charge in [-0.2, -0.15) is 8.42 Å². The Kier molecular flexibility index (Phi) is 2.91. The first-order valence-corrected chi connectivity index (χ1v) is 3.31. The molecule has 0 aromatic heterocycles. The van der Waals surface area contributed by atoms with E-state index in [1.165, 1.54) is 6.92 Å². The molecular weight excluding hydrogens is 134 g/mol. The molecule has 0 saturated heterocycles. The number of rotatable bonds is 3. The van der Waals surface area contributed by atoms with Gasteiger partial charge in [0.05, 0.1) is 6.61 Å². The molecule has 0 aliphatic carbocycles. The predicted molar refractivity (Wildman–Crippen MR) is 27.0 cm³/mol. The Bertz CT molecular complexity index is 138. The summed E-state index contributed by atoms with van der Waals surface area (Å²) in [6.45, 7) is 1.44. The van der Waals surface area contributed by atoms with Gasteiger partial charge in [-0.1, -0.05) is 0 Å². The molecule has 0 amide bonds. The van der Waals surface area contributed by atoms with Crippen LogP contribution in [0.3, 0.4) is 0 Å². The second kappa shape index (κ2) is 2.98. The Morgan fingerprint density at radius 3 is 2.38 bits per heavy atom. The summed E-state index contributed by atoms with van der Waals surface area (Å²) in [4.78, 5) is 0.742. The van der Waals surface area contributed by atoms with Crippen molar-refractivity contribution < 1.29 is 12.6 Å². The minimum atomic E-state index is -3.98. The molecule has 0 aromatic carbocycles. The maximum atomic E-state index is 9.95. The quantitative estimate of drug-likeness (QED) is 0.528. The Balaban J connectivity index is 3.76. The highest BCUT2D eigenvalue weighted by Crippen LogP contribution is 1.82.